The number of unbranched alkanes of at least 4 members (excludes halogenated alkanes) is 24. The zero-order valence-corrected chi connectivity index (χ0v) is 40.6. The van der Waals surface area contributed by atoms with Gasteiger partial charge in [0.1, 0.15) is 0 Å². The van der Waals surface area contributed by atoms with E-state index in [2.05, 4.69) is 51.6 Å². The van der Waals surface area contributed by atoms with Crippen LogP contribution in [0.25, 0.3) is 0 Å². The molecule has 0 aromatic rings. The van der Waals surface area contributed by atoms with E-state index in [-0.39, 0.29) is 23.8 Å². The van der Waals surface area contributed by atoms with E-state index in [0.717, 1.165) is 116 Å². The van der Waals surface area contributed by atoms with Crippen LogP contribution in [0.5, 0.6) is 0 Å². The summed E-state index contributed by atoms with van der Waals surface area (Å²) in [6, 6.07) is 0. The van der Waals surface area contributed by atoms with Crippen molar-refractivity contribution in [3.8, 4) is 0 Å². The first-order valence-electron chi connectivity index (χ1n) is 26.1. The molecule has 0 unspecified atom stereocenters. The summed E-state index contributed by atoms with van der Waals surface area (Å²) in [6.45, 7) is 12.8. The van der Waals surface area contributed by atoms with Gasteiger partial charge < -0.3 is 19.3 Å². The van der Waals surface area contributed by atoms with E-state index in [0.29, 0.717) is 25.5 Å². The minimum atomic E-state index is 0.0507. The lowest BCUT2D eigenvalue weighted by atomic mass is 9.94. The number of hydrogen-bond donors (Lipinski definition) is 0. The van der Waals surface area contributed by atoms with Gasteiger partial charge in [0.25, 0.3) is 0 Å². The molecule has 0 spiro atoms. The van der Waals surface area contributed by atoms with Gasteiger partial charge in [-0.1, -0.05) is 195 Å². The maximum Gasteiger partial charge on any atom is 0.308 e. The first kappa shape index (κ1) is 57.4. The Balaban J connectivity index is 4.32. The fourth-order valence-electron chi connectivity index (χ4n) is 8.25. The number of carbonyl (C=O) groups is 3. The van der Waals surface area contributed by atoms with Crippen LogP contribution in [0.3, 0.4) is 0 Å². The van der Waals surface area contributed by atoms with E-state index in [4.69, 9.17) is 9.47 Å². The van der Waals surface area contributed by atoms with Crippen molar-refractivity contribution >= 4 is 17.8 Å². The maximum atomic E-state index is 13.2. The van der Waals surface area contributed by atoms with Crippen molar-refractivity contribution in [1.82, 2.24) is 9.80 Å². The zero-order valence-electron chi connectivity index (χ0n) is 40.6. The molecule has 7 nitrogen and oxygen atoms in total. The fraction of sp³-hybridized carbons (Fsp3) is 0.942. The molecule has 0 aromatic heterocycles. The SMILES string of the molecule is CCCCCCC(CCCCCC)C(=O)OCCCCCCCCCN(CCCCCCCCCOC(=O)C(CCCCCC)CCCCCC)C(=O)CCCN(C)C. The van der Waals surface area contributed by atoms with Crippen molar-refractivity contribution in [3.63, 3.8) is 0 Å². The number of hydrogen-bond acceptors (Lipinski definition) is 6. The van der Waals surface area contributed by atoms with Crippen molar-refractivity contribution < 1.29 is 23.9 Å². The van der Waals surface area contributed by atoms with Crippen LogP contribution in [0.15, 0.2) is 0 Å². The van der Waals surface area contributed by atoms with Crippen molar-refractivity contribution in [2.75, 3.05) is 46.9 Å². The molecule has 350 valence electrons. The molecule has 59 heavy (non-hydrogen) atoms. The topological polar surface area (TPSA) is 76.1 Å². The minimum Gasteiger partial charge on any atom is -0.465 e. The highest BCUT2D eigenvalue weighted by Gasteiger charge is 2.20. The zero-order chi connectivity index (χ0) is 43.4. The molecular formula is C52H102N2O5. The molecule has 0 radical (unpaired) electrons. The summed E-state index contributed by atoms with van der Waals surface area (Å²) in [6.07, 6.45) is 40.8. The second kappa shape index (κ2) is 44.4. The summed E-state index contributed by atoms with van der Waals surface area (Å²) in [7, 11) is 4.15. The highest BCUT2D eigenvalue weighted by atomic mass is 16.5. The Bertz CT molecular complexity index is 843. The van der Waals surface area contributed by atoms with Crippen molar-refractivity contribution in [2.45, 2.75) is 259 Å². The van der Waals surface area contributed by atoms with E-state index in [1.54, 1.807) is 0 Å². The summed E-state index contributed by atoms with van der Waals surface area (Å²) in [4.78, 5) is 43.2. The van der Waals surface area contributed by atoms with Crippen LogP contribution in [0.2, 0.25) is 0 Å². The van der Waals surface area contributed by atoms with Gasteiger partial charge in [-0.3, -0.25) is 14.4 Å². The third-order valence-electron chi connectivity index (χ3n) is 12.3. The summed E-state index contributed by atoms with van der Waals surface area (Å²) >= 11 is 0. The molecule has 0 aromatic carbocycles. The molecule has 0 atom stereocenters. The van der Waals surface area contributed by atoms with E-state index in [9.17, 15) is 14.4 Å². The second-order valence-electron chi connectivity index (χ2n) is 18.4. The standard InChI is InChI=1S/C52H102N2O5/c1-7-11-15-29-38-48(39-30-16-12-8-2)51(56)58-46-35-27-23-19-21-25-33-44-54(50(55)42-37-43-53(5)6)45-34-26-22-20-24-28-36-47-59-52(57)49(40-31-17-13-9-3)41-32-18-14-10-4/h48-49H,7-47H2,1-6H3. The number of rotatable bonds is 46. The van der Waals surface area contributed by atoms with Crippen molar-refractivity contribution in [2.24, 2.45) is 11.8 Å². The molecule has 0 aliphatic carbocycles. The summed E-state index contributed by atoms with van der Waals surface area (Å²) in [5, 5.41) is 0. The Morgan fingerprint density at radius 3 is 1.00 bits per heavy atom. The van der Waals surface area contributed by atoms with Gasteiger partial charge in [0.05, 0.1) is 25.0 Å². The molecule has 0 saturated heterocycles. The van der Waals surface area contributed by atoms with Gasteiger partial charge in [-0.05, 0) is 78.4 Å². The highest BCUT2D eigenvalue weighted by molar-refractivity contribution is 5.76. The highest BCUT2D eigenvalue weighted by Crippen LogP contribution is 2.22. The van der Waals surface area contributed by atoms with Gasteiger partial charge in [0.15, 0.2) is 0 Å². The number of esters is 2. The average Bonchev–Trinajstić information content (AvgIpc) is 3.22. The van der Waals surface area contributed by atoms with E-state index >= 15 is 0 Å². The fourth-order valence-corrected chi connectivity index (χ4v) is 8.25. The Morgan fingerprint density at radius 2 is 0.678 bits per heavy atom. The average molecular weight is 835 g/mol. The van der Waals surface area contributed by atoms with Crippen LogP contribution >= 0.6 is 0 Å². The van der Waals surface area contributed by atoms with Crippen molar-refractivity contribution in [1.29, 1.82) is 0 Å². The first-order valence-corrected chi connectivity index (χ1v) is 26.1. The molecule has 0 aliphatic rings. The number of ether oxygens (including phenoxy) is 2. The Kier molecular flexibility index (Phi) is 43.2. The largest absolute Gasteiger partial charge is 0.465 e. The molecule has 0 saturated carbocycles. The maximum absolute atomic E-state index is 13.2. The van der Waals surface area contributed by atoms with Crippen molar-refractivity contribution in [3.05, 3.63) is 0 Å². The third kappa shape index (κ3) is 37.8. The van der Waals surface area contributed by atoms with Crippen LogP contribution in [0.1, 0.15) is 259 Å². The summed E-state index contributed by atoms with van der Waals surface area (Å²) < 4.78 is 11.5. The van der Waals surface area contributed by atoms with Gasteiger partial charge in [-0.25, -0.2) is 0 Å². The van der Waals surface area contributed by atoms with Gasteiger partial charge in [0.2, 0.25) is 5.91 Å². The molecule has 0 aliphatic heterocycles. The minimum absolute atomic E-state index is 0.0507. The van der Waals surface area contributed by atoms with Gasteiger partial charge in [-0.2, -0.15) is 0 Å². The number of carbonyl (C=O) groups excluding carboxylic acids is 3. The van der Waals surface area contributed by atoms with Gasteiger partial charge in [-0.15, -0.1) is 0 Å². The summed E-state index contributed by atoms with van der Waals surface area (Å²) in [5.41, 5.74) is 0. The van der Waals surface area contributed by atoms with Crippen LogP contribution in [0, 0.1) is 11.8 Å². The molecule has 0 heterocycles. The molecule has 7 heteroatoms. The lowest BCUT2D eigenvalue weighted by Gasteiger charge is -2.23. The molecular weight excluding hydrogens is 733 g/mol. The smallest absolute Gasteiger partial charge is 0.308 e. The van der Waals surface area contributed by atoms with E-state index < -0.39 is 0 Å². The number of amides is 1. The van der Waals surface area contributed by atoms with Gasteiger partial charge in [0, 0.05) is 19.5 Å². The molecule has 0 N–H and O–H groups in total. The second-order valence-corrected chi connectivity index (χ2v) is 18.4. The molecule has 0 rings (SSSR count). The van der Waals surface area contributed by atoms with Crippen LogP contribution < -0.4 is 0 Å². The number of nitrogens with zero attached hydrogens (tertiary/aromatic N) is 2. The Hall–Kier alpha value is -1.63. The monoisotopic (exact) mass is 835 g/mol. The lowest BCUT2D eigenvalue weighted by molar-refractivity contribution is -0.150. The predicted molar refractivity (Wildman–Crippen MR) is 253 cm³/mol. The summed E-state index contributed by atoms with van der Waals surface area (Å²) in [5.74, 6) is 0.613. The lowest BCUT2D eigenvalue weighted by Crippen LogP contribution is -2.33. The Labute approximate surface area is 368 Å². The Morgan fingerprint density at radius 1 is 0.373 bits per heavy atom. The van der Waals surface area contributed by atoms with Crippen LogP contribution in [-0.2, 0) is 23.9 Å². The molecule has 1 amide bonds. The third-order valence-corrected chi connectivity index (χ3v) is 12.3. The molecule has 0 bridgehead atoms. The predicted octanol–water partition coefficient (Wildman–Crippen LogP) is 14.8. The molecule has 0 fully saturated rings. The van der Waals surface area contributed by atoms with Crippen LogP contribution in [-0.4, -0.2) is 74.6 Å². The normalized spacial score (nSPS) is 11.6. The quantitative estimate of drug-likeness (QED) is 0.0449. The van der Waals surface area contributed by atoms with E-state index in [1.807, 2.05) is 0 Å². The van der Waals surface area contributed by atoms with Gasteiger partial charge >= 0.3 is 11.9 Å². The van der Waals surface area contributed by atoms with E-state index in [1.165, 1.54) is 128 Å². The first-order chi connectivity index (χ1) is 28.8. The van der Waals surface area contributed by atoms with Crippen LogP contribution in [0.4, 0.5) is 0 Å².